The second-order valence-electron chi connectivity index (χ2n) is 6.13. The molecule has 106 valence electrons. The molecule has 0 aromatic heterocycles. The Hall–Kier alpha value is -0.860. The Balaban J connectivity index is 1.73. The van der Waals surface area contributed by atoms with Crippen molar-refractivity contribution in [1.29, 1.82) is 0 Å². The van der Waals surface area contributed by atoms with E-state index in [9.17, 15) is 5.11 Å². The standard InChI is InChI=1S/C17H27NO/c1-14-7-9-16(10-8-14)17(19)11-12-18(2)13-15-5-3-4-6-15/h7-10,15,17,19H,3-6,11-13H2,1-2H3. The SMILES string of the molecule is Cc1ccc(C(O)CCN(C)CC2CCCC2)cc1. The maximum Gasteiger partial charge on any atom is 0.0802 e. The lowest BCUT2D eigenvalue weighted by Gasteiger charge is -2.22. The Kier molecular flexibility index (Phi) is 5.41. The van der Waals surface area contributed by atoms with Gasteiger partial charge in [0.25, 0.3) is 0 Å². The molecule has 1 unspecified atom stereocenters. The number of hydrogen-bond donors (Lipinski definition) is 1. The van der Waals surface area contributed by atoms with Gasteiger partial charge in [-0.3, -0.25) is 0 Å². The van der Waals surface area contributed by atoms with Gasteiger partial charge in [0, 0.05) is 13.1 Å². The summed E-state index contributed by atoms with van der Waals surface area (Å²) >= 11 is 0. The van der Waals surface area contributed by atoms with E-state index in [0.717, 1.165) is 24.4 Å². The molecule has 0 heterocycles. The molecule has 1 aromatic rings. The fourth-order valence-electron chi connectivity index (χ4n) is 3.02. The average molecular weight is 261 g/mol. The molecule has 0 amide bonds. The van der Waals surface area contributed by atoms with Crippen LogP contribution in [0.2, 0.25) is 0 Å². The number of aliphatic hydroxyl groups is 1. The fraction of sp³-hybridized carbons (Fsp3) is 0.647. The van der Waals surface area contributed by atoms with Crippen LogP contribution in [-0.4, -0.2) is 30.1 Å². The van der Waals surface area contributed by atoms with Gasteiger partial charge in [-0.2, -0.15) is 0 Å². The highest BCUT2D eigenvalue weighted by atomic mass is 16.3. The molecule has 1 fully saturated rings. The highest BCUT2D eigenvalue weighted by molar-refractivity contribution is 5.22. The topological polar surface area (TPSA) is 23.5 Å². The van der Waals surface area contributed by atoms with Crippen molar-refractivity contribution in [2.24, 2.45) is 5.92 Å². The van der Waals surface area contributed by atoms with Gasteiger partial charge in [0.05, 0.1) is 6.10 Å². The minimum atomic E-state index is -0.327. The number of hydrogen-bond acceptors (Lipinski definition) is 2. The number of nitrogens with zero attached hydrogens (tertiary/aromatic N) is 1. The summed E-state index contributed by atoms with van der Waals surface area (Å²) in [5, 5.41) is 10.2. The van der Waals surface area contributed by atoms with Crippen LogP contribution in [0, 0.1) is 12.8 Å². The quantitative estimate of drug-likeness (QED) is 0.846. The van der Waals surface area contributed by atoms with Crippen LogP contribution < -0.4 is 0 Å². The third-order valence-electron chi connectivity index (χ3n) is 4.29. The van der Waals surface area contributed by atoms with Crippen molar-refractivity contribution in [3.8, 4) is 0 Å². The normalized spacial score (nSPS) is 18.1. The van der Waals surface area contributed by atoms with Crippen molar-refractivity contribution < 1.29 is 5.11 Å². The third-order valence-corrected chi connectivity index (χ3v) is 4.29. The molecule has 1 atom stereocenters. The van der Waals surface area contributed by atoms with Gasteiger partial charge in [0.2, 0.25) is 0 Å². The lowest BCUT2D eigenvalue weighted by atomic mass is 10.0. The second kappa shape index (κ2) is 7.06. The molecule has 0 bridgehead atoms. The second-order valence-corrected chi connectivity index (χ2v) is 6.13. The zero-order valence-corrected chi connectivity index (χ0v) is 12.3. The first-order valence-electron chi connectivity index (χ1n) is 7.58. The van der Waals surface area contributed by atoms with Crippen molar-refractivity contribution in [1.82, 2.24) is 4.90 Å². The monoisotopic (exact) mass is 261 g/mol. The van der Waals surface area contributed by atoms with Crippen LogP contribution in [0.3, 0.4) is 0 Å². The molecule has 1 aliphatic rings. The summed E-state index contributed by atoms with van der Waals surface area (Å²) < 4.78 is 0. The Labute approximate surface area is 117 Å². The maximum absolute atomic E-state index is 10.2. The number of aliphatic hydroxyl groups excluding tert-OH is 1. The van der Waals surface area contributed by atoms with E-state index < -0.39 is 0 Å². The van der Waals surface area contributed by atoms with Gasteiger partial charge in [-0.05, 0) is 44.7 Å². The smallest absolute Gasteiger partial charge is 0.0802 e. The van der Waals surface area contributed by atoms with E-state index in [1.807, 2.05) is 12.1 Å². The van der Waals surface area contributed by atoms with Gasteiger partial charge in [-0.1, -0.05) is 42.7 Å². The Morgan fingerprint density at radius 1 is 1.21 bits per heavy atom. The summed E-state index contributed by atoms with van der Waals surface area (Å²) in [6, 6.07) is 8.22. The van der Waals surface area contributed by atoms with Crippen molar-refractivity contribution in [2.75, 3.05) is 20.1 Å². The van der Waals surface area contributed by atoms with Gasteiger partial charge >= 0.3 is 0 Å². The molecule has 2 nitrogen and oxygen atoms in total. The predicted octanol–water partition coefficient (Wildman–Crippen LogP) is 3.54. The number of benzene rings is 1. The van der Waals surface area contributed by atoms with Gasteiger partial charge in [0.1, 0.15) is 0 Å². The predicted molar refractivity (Wildman–Crippen MR) is 80.2 cm³/mol. The lowest BCUT2D eigenvalue weighted by molar-refractivity contribution is 0.144. The molecule has 0 saturated heterocycles. The highest BCUT2D eigenvalue weighted by Crippen LogP contribution is 2.25. The lowest BCUT2D eigenvalue weighted by Crippen LogP contribution is -2.26. The van der Waals surface area contributed by atoms with Crippen LogP contribution in [0.25, 0.3) is 0 Å². The molecule has 0 aliphatic heterocycles. The molecule has 0 spiro atoms. The molecular weight excluding hydrogens is 234 g/mol. The van der Waals surface area contributed by atoms with Crippen LogP contribution in [0.5, 0.6) is 0 Å². The van der Waals surface area contributed by atoms with Crippen LogP contribution in [0.1, 0.15) is 49.3 Å². The van der Waals surface area contributed by atoms with E-state index in [4.69, 9.17) is 0 Å². The van der Waals surface area contributed by atoms with E-state index in [0.29, 0.717) is 0 Å². The third kappa shape index (κ3) is 4.63. The van der Waals surface area contributed by atoms with Gasteiger partial charge in [-0.15, -0.1) is 0 Å². The van der Waals surface area contributed by atoms with Gasteiger partial charge in [0.15, 0.2) is 0 Å². The molecular formula is C17H27NO. The summed E-state index contributed by atoms with van der Waals surface area (Å²) in [5.74, 6) is 0.890. The Morgan fingerprint density at radius 3 is 2.47 bits per heavy atom. The first-order valence-corrected chi connectivity index (χ1v) is 7.58. The molecule has 2 rings (SSSR count). The van der Waals surface area contributed by atoms with Crippen molar-refractivity contribution >= 4 is 0 Å². The van der Waals surface area contributed by atoms with Crippen LogP contribution in [-0.2, 0) is 0 Å². The minimum absolute atomic E-state index is 0.327. The summed E-state index contributed by atoms with van der Waals surface area (Å²) in [6.07, 6.45) is 6.10. The van der Waals surface area contributed by atoms with Crippen LogP contribution in [0.15, 0.2) is 24.3 Å². The molecule has 1 saturated carbocycles. The van der Waals surface area contributed by atoms with Gasteiger partial charge < -0.3 is 10.0 Å². The Morgan fingerprint density at radius 2 is 1.84 bits per heavy atom. The molecule has 2 heteroatoms. The van der Waals surface area contributed by atoms with Crippen LogP contribution in [0.4, 0.5) is 0 Å². The highest BCUT2D eigenvalue weighted by Gasteiger charge is 2.17. The summed E-state index contributed by atoms with van der Waals surface area (Å²) in [5.41, 5.74) is 2.29. The first-order chi connectivity index (χ1) is 9.15. The largest absolute Gasteiger partial charge is 0.388 e. The van der Waals surface area contributed by atoms with Crippen molar-refractivity contribution in [3.63, 3.8) is 0 Å². The summed E-state index contributed by atoms with van der Waals surface area (Å²) in [6.45, 7) is 4.25. The Bertz CT molecular complexity index is 367. The van der Waals surface area contributed by atoms with Crippen molar-refractivity contribution in [2.45, 2.75) is 45.1 Å². The van der Waals surface area contributed by atoms with Crippen LogP contribution >= 0.6 is 0 Å². The molecule has 1 aliphatic carbocycles. The minimum Gasteiger partial charge on any atom is -0.388 e. The zero-order chi connectivity index (χ0) is 13.7. The molecule has 19 heavy (non-hydrogen) atoms. The van der Waals surface area contributed by atoms with E-state index in [2.05, 4.69) is 31.0 Å². The van der Waals surface area contributed by atoms with E-state index in [-0.39, 0.29) is 6.10 Å². The maximum atomic E-state index is 10.2. The average Bonchev–Trinajstić information content (AvgIpc) is 2.89. The van der Waals surface area contributed by atoms with E-state index in [1.165, 1.54) is 37.8 Å². The number of rotatable bonds is 6. The van der Waals surface area contributed by atoms with E-state index in [1.54, 1.807) is 0 Å². The zero-order valence-electron chi connectivity index (χ0n) is 12.3. The van der Waals surface area contributed by atoms with Crippen molar-refractivity contribution in [3.05, 3.63) is 35.4 Å². The fourth-order valence-corrected chi connectivity index (χ4v) is 3.02. The van der Waals surface area contributed by atoms with Gasteiger partial charge in [-0.25, -0.2) is 0 Å². The summed E-state index contributed by atoms with van der Waals surface area (Å²) in [7, 11) is 2.18. The number of aryl methyl sites for hydroxylation is 1. The summed E-state index contributed by atoms with van der Waals surface area (Å²) in [4.78, 5) is 2.38. The van der Waals surface area contributed by atoms with E-state index >= 15 is 0 Å². The molecule has 1 aromatic carbocycles. The first kappa shape index (κ1) is 14.5. The molecule has 0 radical (unpaired) electrons. The molecule has 1 N–H and O–H groups in total.